The van der Waals surface area contributed by atoms with Gasteiger partial charge in [0.15, 0.2) is 0 Å². The zero-order valence-corrected chi connectivity index (χ0v) is 57.1. The molecule has 3 aliphatic rings. The molecule has 0 aliphatic heterocycles. The quantitative estimate of drug-likeness (QED) is 0.0157. The number of nitrogens with one attached hydrogen (secondary N) is 6. The number of nitrogens with two attached hydrogens (primary N) is 1. The number of aryl methyl sites for hydroxylation is 3. The van der Waals surface area contributed by atoms with Crippen molar-refractivity contribution in [2.24, 2.45) is 5.73 Å². The fourth-order valence-corrected chi connectivity index (χ4v) is 12.2. The number of amides is 3. The number of esters is 2. The number of unbranched alkanes of at least 4 members (excludes halogenated alkanes) is 5. The van der Waals surface area contributed by atoms with Gasteiger partial charge in [-0.3, -0.25) is 69.8 Å². The second-order valence-corrected chi connectivity index (χ2v) is 26.9. The average molecular weight is 1320 g/mol. The molecule has 0 saturated heterocycles. The number of aromatic nitrogens is 6. The van der Waals surface area contributed by atoms with Gasteiger partial charge in [-0.1, -0.05) is 75.9 Å². The molecule has 6 aromatic rings. The van der Waals surface area contributed by atoms with E-state index in [1.807, 2.05) is 133 Å². The van der Waals surface area contributed by atoms with Gasteiger partial charge in [0.1, 0.15) is 11.2 Å². The van der Waals surface area contributed by atoms with Crippen molar-refractivity contribution in [3.8, 4) is 0 Å². The van der Waals surface area contributed by atoms with Gasteiger partial charge in [0, 0.05) is 50.0 Å². The van der Waals surface area contributed by atoms with E-state index in [1.54, 1.807) is 18.6 Å². The minimum absolute atomic E-state index is 0. The van der Waals surface area contributed by atoms with Gasteiger partial charge in [0.05, 0.1) is 90.0 Å². The zero-order chi connectivity index (χ0) is 67.7. The molecular weight excluding hydrogens is 1210 g/mol. The molecule has 0 radical (unpaired) electrons. The fourth-order valence-electron chi connectivity index (χ4n) is 12.2. The van der Waals surface area contributed by atoms with Gasteiger partial charge in [0.25, 0.3) is 0 Å². The summed E-state index contributed by atoms with van der Waals surface area (Å²) in [7, 11) is 0. The SMILES string of the molecule is C.CC(C)(C)OC(=O)CCCCC[C@H](NC1CCCc2cccnc21)C(=O)NCc1ccccn1.CC(C)(C)OC(=O)CCCCC[C@H](NC1CCCc2cccnc21)C(=O)NCc1ccccn1.NCCCC[C@H](NC1CCCc2cccnc21)C(=O)NCc1ccccn1. The Morgan fingerprint density at radius 3 is 1.03 bits per heavy atom. The molecule has 3 amide bonds. The molecule has 20 nitrogen and oxygen atoms in total. The number of rotatable bonds is 31. The summed E-state index contributed by atoms with van der Waals surface area (Å²) < 4.78 is 10.8. The van der Waals surface area contributed by atoms with Crippen LogP contribution in [0.2, 0.25) is 0 Å². The first-order valence-corrected chi connectivity index (χ1v) is 34.7. The second kappa shape index (κ2) is 41.3. The third-order valence-corrected chi connectivity index (χ3v) is 16.8. The van der Waals surface area contributed by atoms with Crippen LogP contribution in [-0.2, 0) is 72.3 Å². The first-order chi connectivity index (χ1) is 45.9. The van der Waals surface area contributed by atoms with E-state index < -0.39 is 11.2 Å². The molecular formula is C76H109N13O7. The molecule has 8 N–H and O–H groups in total. The van der Waals surface area contributed by atoms with Crippen LogP contribution in [0.1, 0.15) is 240 Å². The molecule has 0 spiro atoms. The number of carbonyl (C=O) groups is 5. The molecule has 0 aromatic carbocycles. The van der Waals surface area contributed by atoms with Crippen molar-refractivity contribution in [3.05, 3.63) is 179 Å². The van der Waals surface area contributed by atoms with E-state index in [2.05, 4.69) is 80.0 Å². The number of ether oxygens (including phenoxy) is 2. The first kappa shape index (κ1) is 77.1. The summed E-state index contributed by atoms with van der Waals surface area (Å²) in [6, 6.07) is 28.8. The zero-order valence-electron chi connectivity index (χ0n) is 57.1. The van der Waals surface area contributed by atoms with Crippen LogP contribution in [0.4, 0.5) is 0 Å². The molecule has 0 saturated carbocycles. The summed E-state index contributed by atoms with van der Waals surface area (Å²) in [5.74, 6) is -0.372. The highest BCUT2D eigenvalue weighted by atomic mass is 16.6. The Morgan fingerprint density at radius 2 is 0.740 bits per heavy atom. The maximum absolute atomic E-state index is 13.1. The van der Waals surface area contributed by atoms with Crippen LogP contribution in [-0.4, -0.2) is 95.4 Å². The van der Waals surface area contributed by atoms with E-state index in [1.165, 1.54) is 16.7 Å². The molecule has 3 aliphatic carbocycles. The van der Waals surface area contributed by atoms with E-state index in [0.29, 0.717) is 51.9 Å². The van der Waals surface area contributed by atoms with Gasteiger partial charge in [-0.25, -0.2) is 0 Å². The van der Waals surface area contributed by atoms with Crippen LogP contribution in [0, 0.1) is 0 Å². The topological polar surface area (TPSA) is 279 Å². The van der Waals surface area contributed by atoms with Crippen LogP contribution in [0.5, 0.6) is 0 Å². The maximum Gasteiger partial charge on any atom is 0.306 e. The summed E-state index contributed by atoms with van der Waals surface area (Å²) in [4.78, 5) is 89.7. The first-order valence-electron chi connectivity index (χ1n) is 34.7. The van der Waals surface area contributed by atoms with Crippen LogP contribution < -0.4 is 37.6 Å². The van der Waals surface area contributed by atoms with Crippen molar-refractivity contribution < 1.29 is 33.4 Å². The molecule has 0 bridgehead atoms. The van der Waals surface area contributed by atoms with E-state index in [0.717, 1.165) is 150 Å². The Bertz CT molecular complexity index is 3100. The molecule has 0 fully saturated rings. The summed E-state index contributed by atoms with van der Waals surface area (Å²) in [6.07, 6.45) is 29.8. The van der Waals surface area contributed by atoms with E-state index in [-0.39, 0.29) is 73.3 Å². The molecule has 9 rings (SSSR count). The summed E-state index contributed by atoms with van der Waals surface area (Å²) >= 11 is 0. The van der Waals surface area contributed by atoms with Gasteiger partial charge >= 0.3 is 11.9 Å². The van der Waals surface area contributed by atoms with Gasteiger partial charge in [-0.05, 0) is 216 Å². The van der Waals surface area contributed by atoms with Gasteiger partial charge < -0.3 is 31.2 Å². The minimum atomic E-state index is -0.456. The summed E-state index contributed by atoms with van der Waals surface area (Å²) in [5.41, 5.74) is 14.2. The highest BCUT2D eigenvalue weighted by Crippen LogP contribution is 2.32. The Labute approximate surface area is 570 Å². The maximum atomic E-state index is 13.1. The van der Waals surface area contributed by atoms with Gasteiger partial charge in [0.2, 0.25) is 17.7 Å². The predicted octanol–water partition coefficient (Wildman–Crippen LogP) is 11.7. The average Bonchev–Trinajstić information content (AvgIpc) is 0.919. The molecule has 20 heteroatoms. The number of pyridine rings is 6. The molecule has 6 aromatic heterocycles. The number of hydrogen-bond donors (Lipinski definition) is 7. The smallest absolute Gasteiger partial charge is 0.306 e. The molecule has 96 heavy (non-hydrogen) atoms. The lowest BCUT2D eigenvalue weighted by Gasteiger charge is -2.29. The van der Waals surface area contributed by atoms with Crippen LogP contribution in [0.25, 0.3) is 0 Å². The normalized spacial score (nSPS) is 16.4. The largest absolute Gasteiger partial charge is 0.460 e. The van der Waals surface area contributed by atoms with Crippen molar-refractivity contribution >= 4 is 29.7 Å². The fraction of sp³-hybridized carbons (Fsp3) is 0.539. The van der Waals surface area contributed by atoms with E-state index in [9.17, 15) is 24.0 Å². The molecule has 6 atom stereocenters. The van der Waals surface area contributed by atoms with Crippen molar-refractivity contribution in [1.82, 2.24) is 61.8 Å². The standard InChI is InChI=1S/2C27H38N4O3.C21H29N5O.CH4/c2*1-27(2,3)34-24(32)16-6-4-5-14-23(26(33)30-19-21-13-7-8-17-28-21)31-22-15-9-11-20-12-10-18-29-25(20)22;22-12-3-1-10-19(21(27)25-15-17-9-2-4-13-23-17)26-18-11-5-7-16-8-6-14-24-20(16)18;/h2*7-8,10,12-13,17-18,22-23,31H,4-6,9,11,14-16,19H2,1-3H3,(H,30,33);2,4,6,8-9,13-14,18-19,26H,1,3,5,7,10-12,15,22H2,(H,25,27);1H4/t2*22?,23-;18?,19-;/m000./s1. The number of nitrogens with zero attached hydrogens (tertiary/aromatic N) is 6. The van der Waals surface area contributed by atoms with Crippen molar-refractivity contribution in [1.29, 1.82) is 0 Å². The van der Waals surface area contributed by atoms with Gasteiger partial charge in [-0.15, -0.1) is 0 Å². The van der Waals surface area contributed by atoms with Crippen molar-refractivity contribution in [2.75, 3.05) is 6.54 Å². The summed E-state index contributed by atoms with van der Waals surface area (Å²) in [5, 5.41) is 19.9. The molecule has 3 unspecified atom stereocenters. The Morgan fingerprint density at radius 1 is 0.427 bits per heavy atom. The van der Waals surface area contributed by atoms with E-state index >= 15 is 0 Å². The summed E-state index contributed by atoms with van der Waals surface area (Å²) in [6.45, 7) is 13.2. The highest BCUT2D eigenvalue weighted by Gasteiger charge is 2.31. The third-order valence-electron chi connectivity index (χ3n) is 16.8. The van der Waals surface area contributed by atoms with Crippen molar-refractivity contribution in [3.63, 3.8) is 0 Å². The third kappa shape index (κ3) is 28.0. The number of carbonyl (C=O) groups excluding carboxylic acids is 5. The number of fused-ring (bicyclic) bond motifs is 3. The Hall–Kier alpha value is -7.91. The second-order valence-electron chi connectivity index (χ2n) is 26.9. The lowest BCUT2D eigenvalue weighted by Crippen LogP contribution is -2.46. The van der Waals surface area contributed by atoms with Crippen LogP contribution in [0.3, 0.4) is 0 Å². The molecule has 6 heterocycles. The van der Waals surface area contributed by atoms with Crippen molar-refractivity contribution in [2.45, 2.75) is 257 Å². The Balaban J connectivity index is 0.000000228. The lowest BCUT2D eigenvalue weighted by atomic mass is 9.91. The number of hydrogen-bond acceptors (Lipinski definition) is 17. The van der Waals surface area contributed by atoms with Crippen LogP contribution in [0.15, 0.2) is 128 Å². The highest BCUT2D eigenvalue weighted by molar-refractivity contribution is 5.82. The van der Waals surface area contributed by atoms with Gasteiger partial charge in [-0.2, -0.15) is 0 Å². The molecule has 520 valence electrons. The monoisotopic (exact) mass is 1320 g/mol. The predicted molar refractivity (Wildman–Crippen MR) is 376 cm³/mol. The lowest BCUT2D eigenvalue weighted by molar-refractivity contribution is -0.156. The Kier molecular flexibility index (Phi) is 33.1. The minimum Gasteiger partial charge on any atom is -0.460 e. The van der Waals surface area contributed by atoms with E-state index in [4.69, 9.17) is 15.2 Å². The van der Waals surface area contributed by atoms with Crippen LogP contribution >= 0.6 is 0 Å².